The molecule has 0 aliphatic rings. The van der Waals surface area contributed by atoms with Gasteiger partial charge in [-0.1, -0.05) is 6.42 Å². The van der Waals surface area contributed by atoms with Gasteiger partial charge in [0.15, 0.2) is 0 Å². The molecule has 0 aliphatic carbocycles. The molecule has 0 aromatic heterocycles. The van der Waals surface area contributed by atoms with Crippen LogP contribution in [0.25, 0.3) is 0 Å². The highest BCUT2D eigenvalue weighted by molar-refractivity contribution is 7.87. The van der Waals surface area contributed by atoms with Gasteiger partial charge in [0, 0.05) is 19.6 Å². The van der Waals surface area contributed by atoms with Gasteiger partial charge in [-0.3, -0.25) is 0 Å². The molecule has 0 heterocycles. The maximum Gasteiger partial charge on any atom is 0.279 e. The summed E-state index contributed by atoms with van der Waals surface area (Å²) in [5, 5.41) is 0. The molecule has 15 heavy (non-hydrogen) atoms. The van der Waals surface area contributed by atoms with Gasteiger partial charge >= 0.3 is 0 Å². The molecule has 0 fully saturated rings. The Morgan fingerprint density at radius 2 is 1.87 bits per heavy atom. The highest BCUT2D eigenvalue weighted by Gasteiger charge is 2.18. The first-order chi connectivity index (χ1) is 6.91. The number of unbranched alkanes of at least 4 members (excludes halogenated alkanes) is 2. The SMILES string of the molecule is CC(C)N(C)S(=O)(=O)NCCCCCN. The molecule has 0 aromatic carbocycles. The second-order valence-corrected chi connectivity index (χ2v) is 5.67. The second-order valence-electron chi connectivity index (χ2n) is 3.86. The molecule has 0 bridgehead atoms. The molecule has 0 aromatic rings. The van der Waals surface area contributed by atoms with Crippen molar-refractivity contribution >= 4 is 10.2 Å². The molecule has 0 rings (SSSR count). The molecule has 92 valence electrons. The summed E-state index contributed by atoms with van der Waals surface area (Å²) in [7, 11) is -1.72. The van der Waals surface area contributed by atoms with Crippen molar-refractivity contribution in [2.45, 2.75) is 39.2 Å². The zero-order valence-corrected chi connectivity index (χ0v) is 10.7. The van der Waals surface area contributed by atoms with Crippen LogP contribution in [0.5, 0.6) is 0 Å². The number of hydrogen-bond acceptors (Lipinski definition) is 3. The molecular weight excluding hydrogens is 214 g/mol. The fourth-order valence-corrected chi connectivity index (χ4v) is 2.19. The van der Waals surface area contributed by atoms with E-state index in [1.807, 2.05) is 13.8 Å². The van der Waals surface area contributed by atoms with Crippen molar-refractivity contribution in [3.8, 4) is 0 Å². The van der Waals surface area contributed by atoms with Crippen LogP contribution in [0, 0.1) is 0 Å². The third-order valence-electron chi connectivity index (χ3n) is 2.27. The third kappa shape index (κ3) is 6.09. The van der Waals surface area contributed by atoms with Crippen molar-refractivity contribution in [1.29, 1.82) is 0 Å². The van der Waals surface area contributed by atoms with E-state index in [4.69, 9.17) is 5.73 Å². The van der Waals surface area contributed by atoms with Gasteiger partial charge in [0.05, 0.1) is 0 Å². The Labute approximate surface area is 93.2 Å². The van der Waals surface area contributed by atoms with E-state index in [0.717, 1.165) is 19.3 Å². The Morgan fingerprint density at radius 3 is 2.33 bits per heavy atom. The number of rotatable bonds is 8. The Balaban J connectivity index is 3.85. The van der Waals surface area contributed by atoms with Crippen molar-refractivity contribution in [3.05, 3.63) is 0 Å². The van der Waals surface area contributed by atoms with Gasteiger partial charge in [0.2, 0.25) is 0 Å². The van der Waals surface area contributed by atoms with Crippen LogP contribution in [0.15, 0.2) is 0 Å². The lowest BCUT2D eigenvalue weighted by Gasteiger charge is -2.21. The first-order valence-electron chi connectivity index (χ1n) is 5.34. The Bertz CT molecular complexity index is 252. The van der Waals surface area contributed by atoms with Crippen LogP contribution >= 0.6 is 0 Å². The number of hydrogen-bond donors (Lipinski definition) is 2. The molecule has 5 nitrogen and oxygen atoms in total. The monoisotopic (exact) mass is 237 g/mol. The topological polar surface area (TPSA) is 75.4 Å². The summed E-state index contributed by atoms with van der Waals surface area (Å²) in [5.74, 6) is 0. The Hall–Kier alpha value is -0.170. The molecule has 0 amide bonds. The van der Waals surface area contributed by atoms with Crippen LogP contribution in [-0.4, -0.2) is 38.9 Å². The largest absolute Gasteiger partial charge is 0.330 e. The fraction of sp³-hybridized carbons (Fsp3) is 1.00. The fourth-order valence-electron chi connectivity index (χ4n) is 1.03. The molecule has 0 radical (unpaired) electrons. The van der Waals surface area contributed by atoms with Gasteiger partial charge in [0.25, 0.3) is 10.2 Å². The lowest BCUT2D eigenvalue weighted by atomic mass is 10.2. The van der Waals surface area contributed by atoms with Crippen LogP contribution in [0.4, 0.5) is 0 Å². The molecule has 0 saturated heterocycles. The number of nitrogens with zero attached hydrogens (tertiary/aromatic N) is 1. The average molecular weight is 237 g/mol. The molecule has 0 unspecified atom stereocenters. The lowest BCUT2D eigenvalue weighted by Crippen LogP contribution is -2.42. The summed E-state index contributed by atoms with van der Waals surface area (Å²) in [6.07, 6.45) is 2.74. The van der Waals surface area contributed by atoms with Gasteiger partial charge in [-0.25, -0.2) is 4.72 Å². The molecule has 0 saturated carbocycles. The highest BCUT2D eigenvalue weighted by Crippen LogP contribution is 2.01. The summed E-state index contributed by atoms with van der Waals surface area (Å²) in [6, 6.07) is -0.0217. The van der Waals surface area contributed by atoms with Crippen molar-refractivity contribution in [2.75, 3.05) is 20.1 Å². The quantitative estimate of drug-likeness (QED) is 0.596. The molecular formula is C9H23N3O2S. The van der Waals surface area contributed by atoms with Gasteiger partial charge < -0.3 is 5.73 Å². The first kappa shape index (κ1) is 14.8. The minimum absolute atomic E-state index is 0.0217. The normalized spacial score (nSPS) is 12.7. The Kier molecular flexibility index (Phi) is 7.08. The molecule has 6 heteroatoms. The summed E-state index contributed by atoms with van der Waals surface area (Å²) >= 11 is 0. The van der Waals surface area contributed by atoms with Crippen LogP contribution < -0.4 is 10.5 Å². The van der Waals surface area contributed by atoms with E-state index >= 15 is 0 Å². The Morgan fingerprint density at radius 1 is 1.27 bits per heavy atom. The molecule has 3 N–H and O–H groups in total. The van der Waals surface area contributed by atoms with E-state index in [2.05, 4.69) is 4.72 Å². The van der Waals surface area contributed by atoms with Crippen LogP contribution in [-0.2, 0) is 10.2 Å². The van der Waals surface area contributed by atoms with E-state index in [1.54, 1.807) is 7.05 Å². The zero-order chi connectivity index (χ0) is 11.9. The van der Waals surface area contributed by atoms with Crippen LogP contribution in [0.2, 0.25) is 0 Å². The van der Waals surface area contributed by atoms with Crippen molar-refractivity contribution in [1.82, 2.24) is 9.03 Å². The summed E-state index contributed by atoms with van der Waals surface area (Å²) in [5.41, 5.74) is 5.34. The minimum Gasteiger partial charge on any atom is -0.330 e. The van der Waals surface area contributed by atoms with Crippen LogP contribution in [0.3, 0.4) is 0 Å². The lowest BCUT2D eigenvalue weighted by molar-refractivity contribution is 0.402. The molecule has 0 spiro atoms. The van der Waals surface area contributed by atoms with E-state index in [0.29, 0.717) is 13.1 Å². The predicted octanol–water partition coefficient (Wildman–Crippen LogP) is 0.290. The summed E-state index contributed by atoms with van der Waals surface area (Å²) in [4.78, 5) is 0. The first-order valence-corrected chi connectivity index (χ1v) is 6.78. The zero-order valence-electron chi connectivity index (χ0n) is 9.86. The summed E-state index contributed by atoms with van der Waals surface area (Å²) in [6.45, 7) is 4.83. The maximum absolute atomic E-state index is 11.6. The van der Waals surface area contributed by atoms with Crippen LogP contribution in [0.1, 0.15) is 33.1 Å². The average Bonchev–Trinajstić information content (AvgIpc) is 2.16. The highest BCUT2D eigenvalue weighted by atomic mass is 32.2. The van der Waals surface area contributed by atoms with Crippen molar-refractivity contribution in [2.24, 2.45) is 5.73 Å². The van der Waals surface area contributed by atoms with Gasteiger partial charge in [-0.15, -0.1) is 0 Å². The number of nitrogens with two attached hydrogens (primary N) is 1. The van der Waals surface area contributed by atoms with Gasteiger partial charge in [-0.2, -0.15) is 12.7 Å². The predicted molar refractivity (Wildman–Crippen MR) is 62.7 cm³/mol. The van der Waals surface area contributed by atoms with E-state index in [1.165, 1.54) is 4.31 Å². The van der Waals surface area contributed by atoms with Gasteiger partial charge in [-0.05, 0) is 33.2 Å². The van der Waals surface area contributed by atoms with E-state index in [-0.39, 0.29) is 6.04 Å². The smallest absolute Gasteiger partial charge is 0.279 e. The van der Waals surface area contributed by atoms with E-state index in [9.17, 15) is 8.42 Å². The van der Waals surface area contributed by atoms with Crippen molar-refractivity contribution < 1.29 is 8.42 Å². The van der Waals surface area contributed by atoms with Crippen molar-refractivity contribution in [3.63, 3.8) is 0 Å². The van der Waals surface area contributed by atoms with E-state index < -0.39 is 10.2 Å². The van der Waals surface area contributed by atoms with Gasteiger partial charge in [0.1, 0.15) is 0 Å². The molecule has 0 atom stereocenters. The standard InChI is InChI=1S/C9H23N3O2S/c1-9(2)12(3)15(13,14)11-8-6-4-5-7-10/h9,11H,4-8,10H2,1-3H3. The maximum atomic E-state index is 11.6. The second kappa shape index (κ2) is 7.16. The number of nitrogens with one attached hydrogen (secondary N) is 1. The summed E-state index contributed by atoms with van der Waals surface area (Å²) < 4.78 is 27.1. The third-order valence-corrected chi connectivity index (χ3v) is 4.02. The minimum atomic E-state index is -3.29. The molecule has 0 aliphatic heterocycles.